The smallest absolute Gasteiger partial charge is 0.142 e. The number of aromatic nitrogens is 2. The van der Waals surface area contributed by atoms with Gasteiger partial charge in [-0.3, -0.25) is 0 Å². The zero-order valence-electron chi connectivity index (χ0n) is 11.0. The largest absolute Gasteiger partial charge is 0.240 e. The highest BCUT2D eigenvalue weighted by atomic mass is 32.2. The van der Waals surface area contributed by atoms with E-state index in [2.05, 4.69) is 54.2 Å². The van der Waals surface area contributed by atoms with E-state index in [1.54, 1.807) is 6.20 Å². The molecule has 0 atom stereocenters. The van der Waals surface area contributed by atoms with Gasteiger partial charge in [0.05, 0.1) is 18.2 Å². The highest BCUT2D eigenvalue weighted by Gasteiger charge is 2.03. The number of thioether (sulfide) groups is 1. The van der Waals surface area contributed by atoms with E-state index in [0.717, 1.165) is 11.3 Å². The van der Waals surface area contributed by atoms with Crippen LogP contribution in [-0.4, -0.2) is 15.2 Å². The summed E-state index contributed by atoms with van der Waals surface area (Å²) in [6.45, 7) is 4.36. The molecule has 0 fully saturated rings. The summed E-state index contributed by atoms with van der Waals surface area (Å²) in [7, 11) is 0. The van der Waals surface area contributed by atoms with Crippen LogP contribution in [0.3, 0.4) is 0 Å². The number of benzene rings is 1. The molecule has 0 N–H and O–H groups in total. The summed E-state index contributed by atoms with van der Waals surface area (Å²) in [4.78, 5) is 9.71. The van der Waals surface area contributed by atoms with Crippen LogP contribution in [0.4, 0.5) is 0 Å². The molecular weight excluding hydrogens is 254 g/mol. The molecule has 0 unspecified atom stereocenters. The molecule has 0 amide bonds. The van der Waals surface area contributed by atoms with Crippen LogP contribution in [0.15, 0.2) is 41.4 Å². The Balaban J connectivity index is 2.22. The van der Waals surface area contributed by atoms with E-state index in [0.29, 0.717) is 11.1 Å². The van der Waals surface area contributed by atoms with E-state index >= 15 is 0 Å². The average molecular weight is 269 g/mol. The second-order valence-corrected chi connectivity index (χ2v) is 6.03. The SMILES string of the molecule is CC(C)Sc1ccc(-c2ccnc(CC#N)n2)cc1. The van der Waals surface area contributed by atoms with Gasteiger partial charge < -0.3 is 0 Å². The summed E-state index contributed by atoms with van der Waals surface area (Å²) in [5.41, 5.74) is 1.91. The molecule has 3 nitrogen and oxygen atoms in total. The van der Waals surface area contributed by atoms with E-state index in [9.17, 15) is 0 Å². The Bertz CT molecular complexity index is 585. The third-order valence-electron chi connectivity index (χ3n) is 2.46. The third kappa shape index (κ3) is 3.80. The molecule has 0 spiro atoms. The fourth-order valence-corrected chi connectivity index (χ4v) is 2.53. The van der Waals surface area contributed by atoms with Gasteiger partial charge in [-0.2, -0.15) is 5.26 Å². The van der Waals surface area contributed by atoms with Gasteiger partial charge in [-0.05, 0) is 18.2 Å². The molecule has 19 heavy (non-hydrogen) atoms. The number of hydrogen-bond acceptors (Lipinski definition) is 4. The van der Waals surface area contributed by atoms with Gasteiger partial charge in [0.1, 0.15) is 5.82 Å². The summed E-state index contributed by atoms with van der Waals surface area (Å²) < 4.78 is 0. The fourth-order valence-electron chi connectivity index (χ4n) is 1.69. The minimum absolute atomic E-state index is 0.245. The zero-order chi connectivity index (χ0) is 13.7. The van der Waals surface area contributed by atoms with Gasteiger partial charge in [0.15, 0.2) is 0 Å². The van der Waals surface area contributed by atoms with E-state index in [4.69, 9.17) is 5.26 Å². The lowest BCUT2D eigenvalue weighted by molar-refractivity contribution is 0.999. The first-order valence-electron chi connectivity index (χ1n) is 6.15. The molecule has 0 bridgehead atoms. The van der Waals surface area contributed by atoms with Crippen molar-refractivity contribution < 1.29 is 0 Å². The van der Waals surface area contributed by atoms with E-state index in [1.807, 2.05) is 17.8 Å². The van der Waals surface area contributed by atoms with Gasteiger partial charge in [0.2, 0.25) is 0 Å². The van der Waals surface area contributed by atoms with Crippen LogP contribution in [0.5, 0.6) is 0 Å². The standard InChI is InChI=1S/C15H15N3S/c1-11(2)19-13-5-3-12(4-6-13)14-8-10-17-15(18-14)7-9-16/h3-6,8,10-11H,7H2,1-2H3. The molecule has 0 saturated carbocycles. The van der Waals surface area contributed by atoms with Crippen molar-refractivity contribution >= 4 is 11.8 Å². The van der Waals surface area contributed by atoms with E-state index in [1.165, 1.54) is 4.90 Å². The van der Waals surface area contributed by atoms with Crippen molar-refractivity contribution in [1.82, 2.24) is 9.97 Å². The maximum absolute atomic E-state index is 8.67. The molecule has 0 aliphatic heterocycles. The topological polar surface area (TPSA) is 49.6 Å². The van der Waals surface area contributed by atoms with Gasteiger partial charge in [-0.15, -0.1) is 11.8 Å². The molecule has 1 aromatic carbocycles. The van der Waals surface area contributed by atoms with Crippen molar-refractivity contribution in [3.05, 3.63) is 42.4 Å². The lowest BCUT2D eigenvalue weighted by Gasteiger charge is -2.06. The van der Waals surface area contributed by atoms with Crippen LogP contribution >= 0.6 is 11.8 Å². The van der Waals surface area contributed by atoms with Crippen molar-refractivity contribution in [2.75, 3.05) is 0 Å². The van der Waals surface area contributed by atoms with Crippen LogP contribution in [0.2, 0.25) is 0 Å². The van der Waals surface area contributed by atoms with Crippen LogP contribution in [-0.2, 0) is 6.42 Å². The molecule has 4 heteroatoms. The summed E-state index contributed by atoms with van der Waals surface area (Å²) in [5.74, 6) is 0.570. The molecule has 1 heterocycles. The summed E-state index contributed by atoms with van der Waals surface area (Å²) >= 11 is 1.84. The van der Waals surface area contributed by atoms with Crippen LogP contribution in [0, 0.1) is 11.3 Å². The van der Waals surface area contributed by atoms with E-state index in [-0.39, 0.29) is 6.42 Å². The molecule has 2 rings (SSSR count). The quantitative estimate of drug-likeness (QED) is 0.794. The Morgan fingerprint density at radius 2 is 1.95 bits per heavy atom. The molecule has 0 aliphatic rings. The predicted molar refractivity (Wildman–Crippen MR) is 77.8 cm³/mol. The maximum atomic E-state index is 8.67. The lowest BCUT2D eigenvalue weighted by Crippen LogP contribution is -1.94. The zero-order valence-corrected chi connectivity index (χ0v) is 11.8. The Labute approximate surface area is 117 Å². The predicted octanol–water partition coefficient (Wildman–Crippen LogP) is 3.71. The maximum Gasteiger partial charge on any atom is 0.142 e. The normalized spacial score (nSPS) is 10.4. The molecule has 2 aromatic rings. The van der Waals surface area contributed by atoms with Gasteiger partial charge in [0.25, 0.3) is 0 Å². The molecule has 0 saturated heterocycles. The van der Waals surface area contributed by atoms with Crippen molar-refractivity contribution in [2.45, 2.75) is 30.4 Å². The van der Waals surface area contributed by atoms with Crippen molar-refractivity contribution in [3.8, 4) is 17.3 Å². The second-order valence-electron chi connectivity index (χ2n) is 4.38. The van der Waals surface area contributed by atoms with Crippen molar-refractivity contribution in [1.29, 1.82) is 5.26 Å². The highest BCUT2D eigenvalue weighted by Crippen LogP contribution is 2.25. The first-order valence-corrected chi connectivity index (χ1v) is 7.03. The number of nitrogens with zero attached hydrogens (tertiary/aromatic N) is 3. The molecule has 1 aromatic heterocycles. The molecular formula is C15H15N3S. The van der Waals surface area contributed by atoms with E-state index < -0.39 is 0 Å². The van der Waals surface area contributed by atoms with Gasteiger partial charge in [0, 0.05) is 21.9 Å². The lowest BCUT2D eigenvalue weighted by atomic mass is 10.1. The van der Waals surface area contributed by atoms with Crippen molar-refractivity contribution in [2.24, 2.45) is 0 Å². The first kappa shape index (κ1) is 13.6. The van der Waals surface area contributed by atoms with Crippen molar-refractivity contribution in [3.63, 3.8) is 0 Å². The van der Waals surface area contributed by atoms with Crippen LogP contribution < -0.4 is 0 Å². The monoisotopic (exact) mass is 269 g/mol. The Morgan fingerprint density at radius 1 is 1.21 bits per heavy atom. The summed E-state index contributed by atoms with van der Waals surface area (Å²) in [6, 6.07) is 12.3. The second kappa shape index (κ2) is 6.35. The Kier molecular flexibility index (Phi) is 4.53. The minimum atomic E-state index is 0.245. The number of hydrogen-bond donors (Lipinski definition) is 0. The van der Waals surface area contributed by atoms with Gasteiger partial charge in [-0.1, -0.05) is 26.0 Å². The third-order valence-corrected chi connectivity index (χ3v) is 3.48. The summed E-state index contributed by atoms with van der Waals surface area (Å²) in [6.07, 6.45) is 1.95. The molecule has 96 valence electrons. The Hall–Kier alpha value is -1.86. The average Bonchev–Trinajstić information content (AvgIpc) is 2.40. The Morgan fingerprint density at radius 3 is 2.58 bits per heavy atom. The van der Waals surface area contributed by atoms with Gasteiger partial charge in [-0.25, -0.2) is 9.97 Å². The van der Waals surface area contributed by atoms with Gasteiger partial charge >= 0.3 is 0 Å². The highest BCUT2D eigenvalue weighted by molar-refractivity contribution is 7.99. The minimum Gasteiger partial charge on any atom is -0.240 e. The fraction of sp³-hybridized carbons (Fsp3) is 0.267. The molecule has 0 radical (unpaired) electrons. The van der Waals surface area contributed by atoms with Crippen LogP contribution in [0.25, 0.3) is 11.3 Å². The summed E-state index contributed by atoms with van der Waals surface area (Å²) in [5, 5.41) is 9.24. The van der Waals surface area contributed by atoms with Crippen LogP contribution in [0.1, 0.15) is 19.7 Å². The number of rotatable bonds is 4. The molecule has 0 aliphatic carbocycles. The number of nitriles is 1. The first-order chi connectivity index (χ1) is 9.19.